The van der Waals surface area contributed by atoms with Gasteiger partial charge in [0.2, 0.25) is 5.75 Å². The fourth-order valence-corrected chi connectivity index (χ4v) is 3.97. The van der Waals surface area contributed by atoms with Crippen LogP contribution in [0.2, 0.25) is 5.02 Å². The number of carbonyl (C=O) groups excluding carboxylic acids is 1. The van der Waals surface area contributed by atoms with Crippen LogP contribution in [0.3, 0.4) is 0 Å². The highest BCUT2D eigenvalue weighted by Gasteiger charge is 2.20. The van der Waals surface area contributed by atoms with E-state index in [0.29, 0.717) is 17.5 Å². The summed E-state index contributed by atoms with van der Waals surface area (Å²) < 4.78 is 2.77. The van der Waals surface area contributed by atoms with Gasteiger partial charge < -0.3 is 15.0 Å². The van der Waals surface area contributed by atoms with Gasteiger partial charge in [-0.25, -0.2) is 5.43 Å². The van der Waals surface area contributed by atoms with E-state index < -0.39 is 27.5 Å². The number of hydrogen-bond donors (Lipinski definition) is 3. The summed E-state index contributed by atoms with van der Waals surface area (Å²) in [6, 6.07) is 10.0. The van der Waals surface area contributed by atoms with Gasteiger partial charge in [-0.3, -0.25) is 14.9 Å². The molecule has 34 heavy (non-hydrogen) atoms. The average molecular weight is 569 g/mol. The second kappa shape index (κ2) is 11.3. The van der Waals surface area contributed by atoms with Crippen LogP contribution in [0.1, 0.15) is 18.3 Å². The first-order valence-electron chi connectivity index (χ1n) is 9.70. The third-order valence-electron chi connectivity index (χ3n) is 4.53. The number of nitrogens with zero attached hydrogens (tertiary/aromatic N) is 5. The predicted octanol–water partition coefficient (Wildman–Crippen LogP) is 4.09. The molecule has 3 aromatic rings. The monoisotopic (exact) mass is 567 g/mol. The summed E-state index contributed by atoms with van der Waals surface area (Å²) in [5.41, 5.74) is 2.71. The summed E-state index contributed by atoms with van der Waals surface area (Å²) in [5.74, 6) is -0.345. The number of nitro groups is 1. The lowest BCUT2D eigenvalue weighted by atomic mass is 10.2. The number of hydrazone groups is 1. The largest absolute Gasteiger partial charge is 0.502 e. The van der Waals surface area contributed by atoms with Crippen molar-refractivity contribution in [3.8, 4) is 5.75 Å². The zero-order valence-electron chi connectivity index (χ0n) is 17.9. The molecule has 14 heteroatoms. The number of halogens is 2. The maximum Gasteiger partial charge on any atom is 0.312 e. The van der Waals surface area contributed by atoms with Crippen LogP contribution in [-0.4, -0.2) is 42.2 Å². The zero-order chi connectivity index (χ0) is 24.8. The number of benzene rings is 2. The van der Waals surface area contributed by atoms with Gasteiger partial charge >= 0.3 is 5.69 Å². The number of nitrogens with one attached hydrogen (secondary N) is 2. The number of hydrogen-bond acceptors (Lipinski definition) is 9. The van der Waals surface area contributed by atoms with Crippen molar-refractivity contribution in [1.29, 1.82) is 0 Å². The van der Waals surface area contributed by atoms with E-state index in [9.17, 15) is 20.0 Å². The van der Waals surface area contributed by atoms with Gasteiger partial charge in [-0.15, -0.1) is 10.2 Å². The van der Waals surface area contributed by atoms with Crippen LogP contribution >= 0.6 is 39.3 Å². The van der Waals surface area contributed by atoms with Crippen LogP contribution < -0.4 is 10.7 Å². The summed E-state index contributed by atoms with van der Waals surface area (Å²) in [4.78, 5) is 22.6. The summed E-state index contributed by atoms with van der Waals surface area (Å²) in [6.07, 6.45) is 1.08. The Morgan fingerprint density at radius 3 is 2.76 bits per heavy atom. The van der Waals surface area contributed by atoms with E-state index in [1.165, 1.54) is 17.8 Å². The van der Waals surface area contributed by atoms with Crippen LogP contribution in [0.5, 0.6) is 5.75 Å². The Labute approximate surface area is 211 Å². The number of aromatic nitrogens is 3. The molecule has 178 valence electrons. The number of anilines is 1. The van der Waals surface area contributed by atoms with Crippen molar-refractivity contribution in [2.24, 2.45) is 12.1 Å². The van der Waals surface area contributed by atoms with Crippen LogP contribution in [0.15, 0.2) is 51.1 Å². The molecule has 0 spiro atoms. The van der Waals surface area contributed by atoms with Crippen molar-refractivity contribution in [3.05, 3.63) is 67.4 Å². The fourth-order valence-electron chi connectivity index (χ4n) is 2.66. The Morgan fingerprint density at radius 1 is 1.38 bits per heavy atom. The number of aromatic hydroxyl groups is 1. The lowest BCUT2D eigenvalue weighted by Crippen LogP contribution is -2.27. The molecule has 1 aromatic heterocycles. The maximum atomic E-state index is 12.4. The van der Waals surface area contributed by atoms with E-state index >= 15 is 0 Å². The number of carbonyl (C=O) groups is 1. The number of phenols is 1. The van der Waals surface area contributed by atoms with Gasteiger partial charge in [-0.1, -0.05) is 39.3 Å². The highest BCUT2D eigenvalue weighted by Crippen LogP contribution is 2.32. The summed E-state index contributed by atoms with van der Waals surface area (Å²) in [7, 11) is 1.80. The van der Waals surface area contributed by atoms with Gasteiger partial charge in [-0.05, 0) is 37.3 Å². The standard InChI is InChI=1S/C20H19BrClN7O4S/c1-11(19(31)26-24-9-12-7-14(22)8-16(18(12)30)29(32)33)34-20-27-25-17(28(20)2)10-23-15-5-3-13(21)4-6-15/h3-9,11,23,30H,10H2,1-2H3,(H,26,31)/b24-9-/t11-/m0/s1. The Morgan fingerprint density at radius 2 is 2.09 bits per heavy atom. The molecule has 0 bridgehead atoms. The van der Waals surface area contributed by atoms with E-state index in [2.05, 4.69) is 42.0 Å². The number of rotatable bonds is 9. The van der Waals surface area contributed by atoms with Crippen molar-refractivity contribution >= 4 is 62.8 Å². The number of nitro benzene ring substituents is 1. The third kappa shape index (κ3) is 6.46. The van der Waals surface area contributed by atoms with Gasteiger partial charge in [0, 0.05) is 33.9 Å². The average Bonchev–Trinajstić information content (AvgIpc) is 3.14. The summed E-state index contributed by atoms with van der Waals surface area (Å²) in [5, 5.41) is 36.3. The first kappa shape index (κ1) is 25.5. The summed E-state index contributed by atoms with van der Waals surface area (Å²) in [6.45, 7) is 2.12. The minimum atomic E-state index is -0.764. The molecule has 0 aliphatic rings. The van der Waals surface area contributed by atoms with Gasteiger partial charge in [0.05, 0.1) is 22.9 Å². The van der Waals surface area contributed by atoms with E-state index in [1.54, 1.807) is 18.5 Å². The van der Waals surface area contributed by atoms with Crippen molar-refractivity contribution in [1.82, 2.24) is 20.2 Å². The molecule has 0 unspecified atom stereocenters. The molecule has 1 heterocycles. The van der Waals surface area contributed by atoms with E-state index in [1.807, 2.05) is 24.3 Å². The molecular weight excluding hydrogens is 550 g/mol. The van der Waals surface area contributed by atoms with E-state index in [-0.39, 0.29) is 10.6 Å². The molecule has 0 radical (unpaired) electrons. The lowest BCUT2D eigenvalue weighted by molar-refractivity contribution is -0.385. The van der Waals surface area contributed by atoms with Gasteiger partial charge in [-0.2, -0.15) is 5.10 Å². The third-order valence-corrected chi connectivity index (χ3v) is 6.41. The molecule has 2 aromatic carbocycles. The van der Waals surface area contributed by atoms with Crippen molar-refractivity contribution in [3.63, 3.8) is 0 Å². The second-order valence-electron chi connectivity index (χ2n) is 6.93. The lowest BCUT2D eigenvalue weighted by Gasteiger charge is -2.10. The SMILES string of the molecule is C[C@H](Sc1nnc(CNc2ccc(Br)cc2)n1C)C(=O)N/N=C\c1cc(Cl)cc([N+](=O)[O-])c1O. The van der Waals surface area contributed by atoms with Crippen LogP contribution in [-0.2, 0) is 18.4 Å². The second-order valence-corrected chi connectivity index (χ2v) is 9.59. The van der Waals surface area contributed by atoms with Crippen LogP contribution in [0.4, 0.5) is 11.4 Å². The minimum absolute atomic E-state index is 0.00368. The van der Waals surface area contributed by atoms with E-state index in [0.717, 1.165) is 22.4 Å². The molecule has 0 aliphatic heterocycles. The zero-order valence-corrected chi connectivity index (χ0v) is 21.1. The summed E-state index contributed by atoms with van der Waals surface area (Å²) >= 11 is 10.4. The minimum Gasteiger partial charge on any atom is -0.502 e. The maximum absolute atomic E-state index is 12.4. The first-order chi connectivity index (χ1) is 16.2. The molecule has 0 saturated carbocycles. The van der Waals surface area contributed by atoms with E-state index in [4.69, 9.17) is 11.6 Å². The number of thioether (sulfide) groups is 1. The highest BCUT2D eigenvalue weighted by atomic mass is 79.9. The Bertz CT molecular complexity index is 1240. The van der Waals surface area contributed by atoms with Crippen molar-refractivity contribution in [2.75, 3.05) is 5.32 Å². The molecule has 3 rings (SSSR count). The number of amides is 1. The van der Waals surface area contributed by atoms with Gasteiger partial charge in [0.15, 0.2) is 11.0 Å². The fraction of sp³-hybridized carbons (Fsp3) is 0.200. The molecular formula is C20H19BrClN7O4S. The molecule has 0 saturated heterocycles. The van der Waals surface area contributed by atoms with Crippen LogP contribution in [0.25, 0.3) is 0 Å². The smallest absolute Gasteiger partial charge is 0.312 e. The predicted molar refractivity (Wildman–Crippen MR) is 133 cm³/mol. The van der Waals surface area contributed by atoms with Crippen molar-refractivity contribution < 1.29 is 14.8 Å². The molecule has 0 aliphatic carbocycles. The molecule has 11 nitrogen and oxygen atoms in total. The molecule has 1 atom stereocenters. The molecule has 1 amide bonds. The van der Waals surface area contributed by atoms with Gasteiger partial charge in [0.25, 0.3) is 5.91 Å². The Kier molecular flexibility index (Phi) is 8.47. The Balaban J connectivity index is 1.58. The Hall–Kier alpha value is -3.16. The van der Waals surface area contributed by atoms with Gasteiger partial charge in [0.1, 0.15) is 0 Å². The molecule has 0 fully saturated rings. The van der Waals surface area contributed by atoms with Crippen molar-refractivity contribution in [2.45, 2.75) is 23.9 Å². The quantitative estimate of drug-likeness (QED) is 0.151. The molecule has 3 N–H and O–H groups in total. The normalized spacial score (nSPS) is 12.0. The van der Waals surface area contributed by atoms with Crippen LogP contribution in [0, 0.1) is 10.1 Å². The number of phenolic OH excluding ortho intramolecular Hbond substituents is 1. The highest BCUT2D eigenvalue weighted by molar-refractivity contribution is 9.10. The topological polar surface area (TPSA) is 148 Å². The first-order valence-corrected chi connectivity index (χ1v) is 11.7.